The Hall–Kier alpha value is -0.340. The van der Waals surface area contributed by atoms with Crippen molar-refractivity contribution in [1.29, 1.82) is 0 Å². The van der Waals surface area contributed by atoms with E-state index in [1.54, 1.807) is 0 Å². The molecule has 2 heteroatoms. The van der Waals surface area contributed by atoms with Crippen molar-refractivity contribution in [1.82, 2.24) is 0 Å². The summed E-state index contributed by atoms with van der Waals surface area (Å²) in [6, 6.07) is 0. The summed E-state index contributed by atoms with van der Waals surface area (Å²) in [6.45, 7) is 9.52. The lowest BCUT2D eigenvalue weighted by atomic mass is 9.74. The van der Waals surface area contributed by atoms with E-state index < -0.39 is 0 Å². The highest BCUT2D eigenvalue weighted by molar-refractivity contribution is 5.15. The molecule has 0 aromatic rings. The van der Waals surface area contributed by atoms with E-state index in [2.05, 4.69) is 39.8 Å². The summed E-state index contributed by atoms with van der Waals surface area (Å²) in [5.41, 5.74) is -0.0359. The van der Waals surface area contributed by atoms with Crippen molar-refractivity contribution in [3.8, 4) is 0 Å². The molecule has 14 heavy (non-hydrogen) atoms. The van der Waals surface area contributed by atoms with Crippen LogP contribution >= 0.6 is 0 Å². The fraction of sp³-hybridized carbons (Fsp3) is 0.833. The van der Waals surface area contributed by atoms with Gasteiger partial charge in [-0.1, -0.05) is 26.0 Å². The molecule has 0 aliphatic carbocycles. The maximum Gasteiger partial charge on any atom is 0.0818 e. The summed E-state index contributed by atoms with van der Waals surface area (Å²) in [4.78, 5) is 0. The first kappa shape index (κ1) is 10.2. The van der Waals surface area contributed by atoms with Gasteiger partial charge in [-0.3, -0.25) is 0 Å². The smallest absolute Gasteiger partial charge is 0.0818 e. The van der Waals surface area contributed by atoms with Crippen LogP contribution in [0.5, 0.6) is 0 Å². The standard InChI is InChI=1S/C12H20O2/c1-5-13-12(4)8(2)10-6-7-11(14-10)9(12)3/h6-11H,5H2,1-4H3/t8-,9+,10?,11?,12-. The minimum absolute atomic E-state index is 0.0359. The van der Waals surface area contributed by atoms with Crippen LogP contribution in [-0.2, 0) is 9.47 Å². The molecular weight excluding hydrogens is 176 g/mol. The Morgan fingerprint density at radius 2 is 1.71 bits per heavy atom. The van der Waals surface area contributed by atoms with Gasteiger partial charge in [0.15, 0.2) is 0 Å². The quantitative estimate of drug-likeness (QED) is 0.631. The fourth-order valence-corrected chi connectivity index (χ4v) is 2.70. The molecule has 2 unspecified atom stereocenters. The zero-order chi connectivity index (χ0) is 10.3. The molecule has 80 valence electrons. The summed E-state index contributed by atoms with van der Waals surface area (Å²) in [5.74, 6) is 0.875. The largest absolute Gasteiger partial charge is 0.375 e. The normalized spacial score (nSPS) is 51.1. The zero-order valence-electron chi connectivity index (χ0n) is 9.49. The van der Waals surface area contributed by atoms with Crippen molar-refractivity contribution in [3.63, 3.8) is 0 Å². The van der Waals surface area contributed by atoms with E-state index >= 15 is 0 Å². The van der Waals surface area contributed by atoms with Gasteiger partial charge >= 0.3 is 0 Å². The van der Waals surface area contributed by atoms with Crippen LogP contribution in [0.25, 0.3) is 0 Å². The van der Waals surface area contributed by atoms with E-state index in [4.69, 9.17) is 9.47 Å². The van der Waals surface area contributed by atoms with E-state index in [1.165, 1.54) is 0 Å². The minimum atomic E-state index is -0.0359. The number of hydrogen-bond acceptors (Lipinski definition) is 2. The molecule has 2 bridgehead atoms. The fourth-order valence-electron chi connectivity index (χ4n) is 2.70. The third kappa shape index (κ3) is 1.24. The molecule has 0 amide bonds. The van der Waals surface area contributed by atoms with Gasteiger partial charge in [0.05, 0.1) is 17.8 Å². The predicted octanol–water partition coefficient (Wildman–Crippen LogP) is 2.39. The second kappa shape index (κ2) is 3.35. The highest BCUT2D eigenvalue weighted by Crippen LogP contribution is 2.44. The highest BCUT2D eigenvalue weighted by Gasteiger charge is 2.51. The Bertz CT molecular complexity index is 229. The molecule has 2 nitrogen and oxygen atoms in total. The van der Waals surface area contributed by atoms with Gasteiger partial charge in [-0.05, 0) is 13.8 Å². The third-order valence-electron chi connectivity index (χ3n) is 4.05. The summed E-state index contributed by atoms with van der Waals surface area (Å²) < 4.78 is 11.8. The number of ether oxygens (including phenoxy) is 2. The van der Waals surface area contributed by atoms with Crippen LogP contribution < -0.4 is 0 Å². The average molecular weight is 196 g/mol. The van der Waals surface area contributed by atoms with Crippen molar-refractivity contribution in [2.75, 3.05) is 6.61 Å². The Balaban J connectivity index is 2.25. The maximum absolute atomic E-state index is 5.96. The summed E-state index contributed by atoms with van der Waals surface area (Å²) in [6.07, 6.45) is 4.90. The van der Waals surface area contributed by atoms with Crippen LogP contribution in [0.3, 0.4) is 0 Å². The lowest BCUT2D eigenvalue weighted by molar-refractivity contribution is -0.197. The molecule has 5 atom stereocenters. The van der Waals surface area contributed by atoms with E-state index in [1.807, 2.05) is 0 Å². The van der Waals surface area contributed by atoms with Gasteiger partial charge in [0.1, 0.15) is 0 Å². The SMILES string of the molecule is CCO[C@]1(C)[C@H](C)C2C=CC(O2)[C@@H]1C. The van der Waals surface area contributed by atoms with E-state index in [-0.39, 0.29) is 17.8 Å². The van der Waals surface area contributed by atoms with Crippen molar-refractivity contribution in [2.24, 2.45) is 11.8 Å². The lowest BCUT2D eigenvalue weighted by Gasteiger charge is -2.48. The van der Waals surface area contributed by atoms with Crippen LogP contribution in [0, 0.1) is 11.8 Å². The number of rotatable bonds is 2. The van der Waals surface area contributed by atoms with Gasteiger partial charge in [-0.25, -0.2) is 0 Å². The first-order chi connectivity index (χ1) is 6.59. The molecule has 0 saturated carbocycles. The van der Waals surface area contributed by atoms with Gasteiger partial charge in [0, 0.05) is 18.4 Å². The van der Waals surface area contributed by atoms with Crippen LogP contribution in [-0.4, -0.2) is 24.4 Å². The highest BCUT2D eigenvalue weighted by atomic mass is 16.5. The van der Waals surface area contributed by atoms with Crippen molar-refractivity contribution < 1.29 is 9.47 Å². The molecule has 0 radical (unpaired) electrons. The average Bonchev–Trinajstić information content (AvgIpc) is 2.60. The second-order valence-electron chi connectivity index (χ2n) is 4.64. The van der Waals surface area contributed by atoms with E-state index in [9.17, 15) is 0 Å². The molecule has 0 aromatic heterocycles. The van der Waals surface area contributed by atoms with Crippen LogP contribution in [0.2, 0.25) is 0 Å². The zero-order valence-corrected chi connectivity index (χ0v) is 9.49. The Morgan fingerprint density at radius 1 is 1.21 bits per heavy atom. The van der Waals surface area contributed by atoms with Crippen molar-refractivity contribution >= 4 is 0 Å². The molecule has 2 heterocycles. The molecule has 2 aliphatic heterocycles. The third-order valence-corrected chi connectivity index (χ3v) is 4.05. The molecule has 1 saturated heterocycles. The number of hydrogen-bond donors (Lipinski definition) is 0. The first-order valence-electron chi connectivity index (χ1n) is 5.57. The van der Waals surface area contributed by atoms with Crippen LogP contribution in [0.4, 0.5) is 0 Å². The van der Waals surface area contributed by atoms with Gasteiger partial charge in [0.25, 0.3) is 0 Å². The molecule has 0 N–H and O–H groups in total. The molecule has 2 rings (SSSR count). The van der Waals surface area contributed by atoms with Gasteiger partial charge < -0.3 is 9.47 Å². The maximum atomic E-state index is 5.96. The van der Waals surface area contributed by atoms with E-state index in [0.29, 0.717) is 11.8 Å². The molecule has 2 aliphatic rings. The first-order valence-corrected chi connectivity index (χ1v) is 5.57. The lowest BCUT2D eigenvalue weighted by Crippen LogP contribution is -2.54. The Kier molecular flexibility index (Phi) is 2.44. The van der Waals surface area contributed by atoms with Gasteiger partial charge in [-0.2, -0.15) is 0 Å². The molecule has 1 fully saturated rings. The summed E-state index contributed by atoms with van der Waals surface area (Å²) in [7, 11) is 0. The molecule has 0 aromatic carbocycles. The van der Waals surface area contributed by atoms with Crippen LogP contribution in [0.1, 0.15) is 27.7 Å². The predicted molar refractivity (Wildman–Crippen MR) is 56.2 cm³/mol. The summed E-state index contributed by atoms with van der Waals surface area (Å²) >= 11 is 0. The Morgan fingerprint density at radius 3 is 2.14 bits per heavy atom. The van der Waals surface area contributed by atoms with Crippen molar-refractivity contribution in [2.45, 2.75) is 45.5 Å². The van der Waals surface area contributed by atoms with Gasteiger partial charge in [0.2, 0.25) is 0 Å². The van der Waals surface area contributed by atoms with Crippen molar-refractivity contribution in [3.05, 3.63) is 12.2 Å². The minimum Gasteiger partial charge on any atom is -0.375 e. The summed E-state index contributed by atoms with van der Waals surface area (Å²) in [5, 5.41) is 0. The monoisotopic (exact) mass is 196 g/mol. The van der Waals surface area contributed by atoms with Crippen LogP contribution in [0.15, 0.2) is 12.2 Å². The van der Waals surface area contributed by atoms with E-state index in [0.717, 1.165) is 6.61 Å². The molecule has 0 spiro atoms. The van der Waals surface area contributed by atoms with Gasteiger partial charge in [-0.15, -0.1) is 0 Å². The molecular formula is C12H20O2. The second-order valence-corrected chi connectivity index (χ2v) is 4.64. The number of fused-ring (bicyclic) bond motifs is 2. The Labute approximate surface area is 86.3 Å². The topological polar surface area (TPSA) is 18.5 Å².